The molecule has 9 heteroatoms. The molecule has 0 radical (unpaired) electrons. The van der Waals surface area contributed by atoms with Gasteiger partial charge in [0.1, 0.15) is 11.6 Å². The molecule has 0 aliphatic heterocycles. The molecule has 3 rings (SSSR count). The molecular weight excluding hydrogens is 431 g/mol. The van der Waals surface area contributed by atoms with E-state index in [-0.39, 0.29) is 16.5 Å². The summed E-state index contributed by atoms with van der Waals surface area (Å²) in [5.41, 5.74) is 1.33. The summed E-state index contributed by atoms with van der Waals surface area (Å²) in [7, 11) is -3.76. The Morgan fingerprint density at radius 1 is 1.03 bits per heavy atom. The van der Waals surface area contributed by atoms with Crippen LogP contribution < -0.4 is 14.8 Å². The number of aryl methyl sites for hydroxylation is 1. The highest BCUT2D eigenvalue weighted by atomic mass is 35.5. The molecule has 0 aliphatic rings. The average Bonchev–Trinajstić information content (AvgIpc) is 2.70. The number of ether oxygens (including phenoxy) is 1. The first-order valence-corrected chi connectivity index (χ1v) is 10.7. The van der Waals surface area contributed by atoms with Crippen LogP contribution in [0.5, 0.6) is 5.75 Å². The van der Waals surface area contributed by atoms with Crippen molar-refractivity contribution in [2.45, 2.75) is 11.8 Å². The Morgan fingerprint density at radius 2 is 1.77 bits per heavy atom. The number of para-hydroxylation sites is 1. The summed E-state index contributed by atoms with van der Waals surface area (Å²) in [5, 5.41) is 2.44. The Hall–Kier alpha value is -3.10. The number of hydrogen-bond acceptors (Lipinski definition) is 4. The van der Waals surface area contributed by atoms with Gasteiger partial charge in [0.2, 0.25) is 0 Å². The monoisotopic (exact) mass is 448 g/mol. The molecule has 3 aromatic carbocycles. The maximum Gasteiger partial charge on any atom is 0.262 e. The SMILES string of the molecule is Cc1cc(S(=O)(=O)Nc2ccccc2)ccc1OCC(=O)Nc1ccc(F)c(Cl)c1. The van der Waals surface area contributed by atoms with Crippen molar-refractivity contribution in [2.75, 3.05) is 16.6 Å². The predicted molar refractivity (Wildman–Crippen MR) is 114 cm³/mol. The van der Waals surface area contributed by atoms with E-state index >= 15 is 0 Å². The third-order valence-electron chi connectivity index (χ3n) is 4.04. The number of carbonyl (C=O) groups is 1. The van der Waals surface area contributed by atoms with Gasteiger partial charge in [-0.1, -0.05) is 29.8 Å². The van der Waals surface area contributed by atoms with Crippen LogP contribution >= 0.6 is 11.6 Å². The molecule has 156 valence electrons. The largest absolute Gasteiger partial charge is 0.483 e. The van der Waals surface area contributed by atoms with Gasteiger partial charge in [-0.25, -0.2) is 12.8 Å². The van der Waals surface area contributed by atoms with Crippen molar-refractivity contribution < 1.29 is 22.3 Å². The maximum atomic E-state index is 13.2. The van der Waals surface area contributed by atoms with E-state index in [2.05, 4.69) is 10.0 Å². The number of rotatable bonds is 7. The van der Waals surface area contributed by atoms with E-state index in [9.17, 15) is 17.6 Å². The Morgan fingerprint density at radius 3 is 2.43 bits per heavy atom. The van der Waals surface area contributed by atoms with Crippen molar-refractivity contribution in [1.82, 2.24) is 0 Å². The van der Waals surface area contributed by atoms with Gasteiger partial charge < -0.3 is 10.1 Å². The zero-order valence-corrected chi connectivity index (χ0v) is 17.4. The summed E-state index contributed by atoms with van der Waals surface area (Å²) < 4.78 is 46.2. The molecule has 0 atom stereocenters. The highest BCUT2D eigenvalue weighted by molar-refractivity contribution is 7.92. The van der Waals surface area contributed by atoms with Crippen LogP contribution in [-0.4, -0.2) is 20.9 Å². The van der Waals surface area contributed by atoms with Crippen LogP contribution in [0, 0.1) is 12.7 Å². The summed E-state index contributed by atoms with van der Waals surface area (Å²) in [4.78, 5) is 12.1. The molecule has 0 fully saturated rings. The van der Waals surface area contributed by atoms with E-state index in [4.69, 9.17) is 16.3 Å². The van der Waals surface area contributed by atoms with Crippen LogP contribution in [0.25, 0.3) is 0 Å². The molecule has 3 aromatic rings. The number of halogens is 2. The molecule has 0 saturated heterocycles. The molecule has 2 N–H and O–H groups in total. The predicted octanol–water partition coefficient (Wildman–Crippen LogP) is 4.61. The molecular formula is C21H18ClFN2O4S. The van der Waals surface area contributed by atoms with Crippen molar-refractivity contribution in [1.29, 1.82) is 0 Å². The van der Waals surface area contributed by atoms with Gasteiger partial charge in [-0.05, 0) is 61.0 Å². The Balaban J connectivity index is 1.63. The van der Waals surface area contributed by atoms with Gasteiger partial charge in [-0.3, -0.25) is 9.52 Å². The molecule has 0 saturated carbocycles. The summed E-state index contributed by atoms with van der Waals surface area (Å²) >= 11 is 5.68. The Bertz CT molecular complexity index is 1170. The van der Waals surface area contributed by atoms with E-state index in [1.54, 1.807) is 37.3 Å². The lowest BCUT2D eigenvalue weighted by Gasteiger charge is -2.12. The number of hydrogen-bond donors (Lipinski definition) is 2. The zero-order chi connectivity index (χ0) is 21.7. The van der Waals surface area contributed by atoms with Gasteiger partial charge in [0.15, 0.2) is 6.61 Å². The number of carbonyl (C=O) groups excluding carboxylic acids is 1. The zero-order valence-electron chi connectivity index (χ0n) is 15.9. The first kappa shape index (κ1) is 21.6. The van der Waals surface area contributed by atoms with Crippen molar-refractivity contribution in [2.24, 2.45) is 0 Å². The lowest BCUT2D eigenvalue weighted by atomic mass is 10.2. The van der Waals surface area contributed by atoms with Gasteiger partial charge in [-0.2, -0.15) is 0 Å². The van der Waals surface area contributed by atoms with Crippen LogP contribution in [0.3, 0.4) is 0 Å². The highest BCUT2D eigenvalue weighted by Crippen LogP contribution is 2.24. The van der Waals surface area contributed by atoms with Crippen molar-refractivity contribution in [3.05, 3.63) is 83.1 Å². The number of anilines is 2. The van der Waals surface area contributed by atoms with E-state index in [1.807, 2.05) is 0 Å². The number of amides is 1. The average molecular weight is 449 g/mol. The standard InChI is InChI=1S/C21H18ClFN2O4S/c1-14-11-17(30(27,28)25-15-5-3-2-4-6-15)8-10-20(14)29-13-21(26)24-16-7-9-19(23)18(22)12-16/h2-12,25H,13H2,1H3,(H,24,26). The smallest absolute Gasteiger partial charge is 0.262 e. The van der Waals surface area contributed by atoms with Crippen LogP contribution in [0.2, 0.25) is 5.02 Å². The van der Waals surface area contributed by atoms with Gasteiger partial charge in [0, 0.05) is 11.4 Å². The molecule has 0 spiro atoms. The topological polar surface area (TPSA) is 84.5 Å². The van der Waals surface area contributed by atoms with Gasteiger partial charge in [0.05, 0.1) is 9.92 Å². The molecule has 0 bridgehead atoms. The second kappa shape index (κ2) is 9.15. The van der Waals surface area contributed by atoms with Gasteiger partial charge in [-0.15, -0.1) is 0 Å². The first-order valence-electron chi connectivity index (χ1n) is 8.81. The normalized spacial score (nSPS) is 11.0. The number of sulfonamides is 1. The van der Waals surface area contributed by atoms with Gasteiger partial charge in [0.25, 0.3) is 15.9 Å². The van der Waals surface area contributed by atoms with Crippen LogP contribution in [-0.2, 0) is 14.8 Å². The molecule has 6 nitrogen and oxygen atoms in total. The number of nitrogens with one attached hydrogen (secondary N) is 2. The van der Waals surface area contributed by atoms with Crippen LogP contribution in [0.4, 0.5) is 15.8 Å². The third-order valence-corrected chi connectivity index (χ3v) is 5.71. The van der Waals surface area contributed by atoms with E-state index in [0.717, 1.165) is 6.07 Å². The summed E-state index contributed by atoms with van der Waals surface area (Å²) in [5.74, 6) is -0.696. The minimum Gasteiger partial charge on any atom is -0.483 e. The molecule has 30 heavy (non-hydrogen) atoms. The molecule has 0 aromatic heterocycles. The summed E-state index contributed by atoms with van der Waals surface area (Å²) in [6, 6.07) is 16.7. The molecule has 0 unspecified atom stereocenters. The fraction of sp³-hybridized carbons (Fsp3) is 0.0952. The fourth-order valence-corrected chi connectivity index (χ4v) is 3.91. The summed E-state index contributed by atoms with van der Waals surface area (Å²) in [6.45, 7) is 1.36. The lowest BCUT2D eigenvalue weighted by molar-refractivity contribution is -0.118. The maximum absolute atomic E-state index is 13.2. The quantitative estimate of drug-likeness (QED) is 0.553. The summed E-state index contributed by atoms with van der Waals surface area (Å²) in [6.07, 6.45) is 0. The minimum absolute atomic E-state index is 0.0709. The van der Waals surface area contributed by atoms with Crippen molar-refractivity contribution in [3.8, 4) is 5.75 Å². The molecule has 1 amide bonds. The van der Waals surface area contributed by atoms with Crippen LogP contribution in [0.15, 0.2) is 71.6 Å². The second-order valence-electron chi connectivity index (χ2n) is 6.36. The van der Waals surface area contributed by atoms with Crippen molar-refractivity contribution >= 4 is 38.9 Å². The number of benzene rings is 3. The highest BCUT2D eigenvalue weighted by Gasteiger charge is 2.16. The first-order chi connectivity index (χ1) is 14.2. The Kier molecular flexibility index (Phi) is 6.59. The van der Waals surface area contributed by atoms with Gasteiger partial charge >= 0.3 is 0 Å². The van der Waals surface area contributed by atoms with Crippen LogP contribution in [0.1, 0.15) is 5.56 Å². The second-order valence-corrected chi connectivity index (χ2v) is 8.45. The molecule has 0 heterocycles. The minimum atomic E-state index is -3.76. The Labute approximate surface area is 178 Å². The fourth-order valence-electron chi connectivity index (χ4n) is 2.59. The van der Waals surface area contributed by atoms with Crippen molar-refractivity contribution in [3.63, 3.8) is 0 Å². The van der Waals surface area contributed by atoms with E-state index < -0.39 is 21.7 Å². The third kappa shape index (κ3) is 5.49. The lowest BCUT2D eigenvalue weighted by Crippen LogP contribution is -2.20. The van der Waals surface area contributed by atoms with E-state index in [1.165, 1.54) is 30.3 Å². The molecule has 0 aliphatic carbocycles. The van der Waals surface area contributed by atoms with E-state index in [0.29, 0.717) is 22.7 Å².